The Hall–Kier alpha value is -2.08. The molecule has 3 atom stereocenters. The van der Waals surface area contributed by atoms with Crippen molar-refractivity contribution in [2.45, 2.75) is 44.1 Å². The van der Waals surface area contributed by atoms with Crippen molar-refractivity contribution in [3.05, 3.63) is 60.2 Å². The summed E-state index contributed by atoms with van der Waals surface area (Å²) in [6, 6.07) is 16.9. The van der Waals surface area contributed by atoms with E-state index in [0.29, 0.717) is 30.8 Å². The molecule has 0 aliphatic carbocycles. The van der Waals surface area contributed by atoms with Gasteiger partial charge in [-0.25, -0.2) is 0 Å². The lowest BCUT2D eigenvalue weighted by Gasteiger charge is -2.47. The van der Waals surface area contributed by atoms with Crippen LogP contribution >= 0.6 is 0 Å². The van der Waals surface area contributed by atoms with Crippen LogP contribution in [0, 0.1) is 0 Å². The number of aliphatic hydroxyl groups excluding tert-OH is 1. The lowest BCUT2D eigenvalue weighted by molar-refractivity contribution is -0.192. The van der Waals surface area contributed by atoms with Crippen molar-refractivity contribution in [1.82, 2.24) is 4.90 Å². The van der Waals surface area contributed by atoms with Crippen LogP contribution in [0.4, 0.5) is 5.69 Å². The molecule has 1 heterocycles. The number of benzene rings is 2. The number of hydrogen-bond donors (Lipinski definition) is 3. The van der Waals surface area contributed by atoms with Gasteiger partial charge in [-0.15, -0.1) is 0 Å². The highest BCUT2D eigenvalue weighted by atomic mass is 16.5. The van der Waals surface area contributed by atoms with Crippen molar-refractivity contribution in [2.75, 3.05) is 18.8 Å². The molecule has 1 aliphatic heterocycles. The molecule has 140 valence electrons. The molecule has 0 saturated carbocycles. The van der Waals surface area contributed by atoms with Gasteiger partial charge in [0, 0.05) is 25.2 Å². The SMILES string of the molecule is CCCN1CCC(O)(Cc2ccccc2)C(Oc2ccc(N)cc2)C1O. The number of anilines is 1. The predicted molar refractivity (Wildman–Crippen MR) is 103 cm³/mol. The third-order valence-corrected chi connectivity index (χ3v) is 5.01. The summed E-state index contributed by atoms with van der Waals surface area (Å²) in [5, 5.41) is 22.3. The van der Waals surface area contributed by atoms with Crippen molar-refractivity contribution >= 4 is 5.69 Å². The van der Waals surface area contributed by atoms with Crippen LogP contribution < -0.4 is 10.5 Å². The molecule has 0 bridgehead atoms. The molecule has 5 heteroatoms. The minimum Gasteiger partial charge on any atom is -0.483 e. The second-order valence-electron chi connectivity index (χ2n) is 7.07. The van der Waals surface area contributed by atoms with E-state index >= 15 is 0 Å². The summed E-state index contributed by atoms with van der Waals surface area (Å²) in [7, 11) is 0. The summed E-state index contributed by atoms with van der Waals surface area (Å²) in [5.74, 6) is 0.591. The molecule has 1 aliphatic rings. The summed E-state index contributed by atoms with van der Waals surface area (Å²) >= 11 is 0. The first-order valence-corrected chi connectivity index (χ1v) is 9.22. The van der Waals surface area contributed by atoms with Gasteiger partial charge < -0.3 is 20.7 Å². The van der Waals surface area contributed by atoms with Crippen LogP contribution in [0.1, 0.15) is 25.3 Å². The number of nitrogens with zero attached hydrogens (tertiary/aromatic N) is 1. The van der Waals surface area contributed by atoms with E-state index in [4.69, 9.17) is 10.5 Å². The fourth-order valence-electron chi connectivity index (χ4n) is 3.61. The quantitative estimate of drug-likeness (QED) is 0.693. The number of nitrogen functional groups attached to an aromatic ring is 1. The van der Waals surface area contributed by atoms with Gasteiger partial charge in [0.15, 0.2) is 6.10 Å². The van der Waals surface area contributed by atoms with Gasteiger partial charge in [0.1, 0.15) is 17.6 Å². The molecule has 5 nitrogen and oxygen atoms in total. The van der Waals surface area contributed by atoms with E-state index in [0.717, 1.165) is 18.5 Å². The number of likely N-dealkylation sites (tertiary alicyclic amines) is 1. The van der Waals surface area contributed by atoms with E-state index in [9.17, 15) is 10.2 Å². The fourth-order valence-corrected chi connectivity index (χ4v) is 3.61. The van der Waals surface area contributed by atoms with E-state index in [1.165, 1.54) is 0 Å². The molecule has 4 N–H and O–H groups in total. The van der Waals surface area contributed by atoms with Gasteiger partial charge in [-0.3, -0.25) is 4.90 Å². The zero-order chi connectivity index (χ0) is 18.6. The summed E-state index contributed by atoms with van der Waals surface area (Å²) < 4.78 is 6.09. The maximum Gasteiger partial charge on any atom is 0.167 e. The zero-order valence-corrected chi connectivity index (χ0v) is 15.2. The van der Waals surface area contributed by atoms with E-state index < -0.39 is 17.9 Å². The molecule has 3 rings (SSSR count). The topological polar surface area (TPSA) is 79.0 Å². The first-order chi connectivity index (χ1) is 12.5. The van der Waals surface area contributed by atoms with E-state index in [-0.39, 0.29) is 0 Å². The van der Waals surface area contributed by atoms with Gasteiger partial charge >= 0.3 is 0 Å². The third-order valence-electron chi connectivity index (χ3n) is 5.01. The zero-order valence-electron chi connectivity index (χ0n) is 15.2. The van der Waals surface area contributed by atoms with Gasteiger partial charge in [-0.05, 0) is 42.7 Å². The molecular weight excluding hydrogens is 328 g/mol. The first kappa shape index (κ1) is 18.7. The molecule has 2 aromatic rings. The standard InChI is InChI=1S/C21H28N2O3/c1-2-13-23-14-12-21(25,15-16-6-4-3-5-7-16)19(20(23)24)26-18-10-8-17(22)9-11-18/h3-11,19-20,24-25H,2,12-15,22H2,1H3. The van der Waals surface area contributed by atoms with Crippen molar-refractivity contribution in [3.8, 4) is 5.75 Å². The fraction of sp³-hybridized carbons (Fsp3) is 0.429. The number of hydrogen-bond acceptors (Lipinski definition) is 5. The second kappa shape index (κ2) is 8.08. The van der Waals surface area contributed by atoms with Crippen LogP contribution in [-0.4, -0.2) is 46.1 Å². The Labute approximate surface area is 155 Å². The normalized spacial score (nSPS) is 26.6. The van der Waals surface area contributed by atoms with Crippen LogP contribution in [0.25, 0.3) is 0 Å². The molecular formula is C21H28N2O3. The smallest absolute Gasteiger partial charge is 0.167 e. The molecule has 0 aromatic heterocycles. The largest absolute Gasteiger partial charge is 0.483 e. The summed E-state index contributed by atoms with van der Waals surface area (Å²) in [5.41, 5.74) is 6.27. The summed E-state index contributed by atoms with van der Waals surface area (Å²) in [4.78, 5) is 1.97. The average molecular weight is 356 g/mol. The second-order valence-corrected chi connectivity index (χ2v) is 7.07. The third kappa shape index (κ3) is 4.18. The molecule has 0 radical (unpaired) electrons. The molecule has 26 heavy (non-hydrogen) atoms. The summed E-state index contributed by atoms with van der Waals surface area (Å²) in [6.07, 6.45) is 0.299. The Morgan fingerprint density at radius 1 is 1.15 bits per heavy atom. The van der Waals surface area contributed by atoms with E-state index in [1.54, 1.807) is 24.3 Å². The molecule has 1 fully saturated rings. The number of piperidine rings is 1. The van der Waals surface area contributed by atoms with Crippen molar-refractivity contribution < 1.29 is 14.9 Å². The van der Waals surface area contributed by atoms with Crippen LogP contribution in [0.2, 0.25) is 0 Å². The molecule has 0 spiro atoms. The van der Waals surface area contributed by atoms with Gasteiger partial charge in [0.2, 0.25) is 0 Å². The highest BCUT2D eigenvalue weighted by Gasteiger charge is 2.48. The van der Waals surface area contributed by atoms with Gasteiger partial charge in [-0.1, -0.05) is 37.3 Å². The molecule has 2 aromatic carbocycles. The van der Waals surface area contributed by atoms with Crippen molar-refractivity contribution in [1.29, 1.82) is 0 Å². The number of nitrogens with two attached hydrogens (primary N) is 1. The molecule has 1 saturated heterocycles. The van der Waals surface area contributed by atoms with Gasteiger partial charge in [-0.2, -0.15) is 0 Å². The Kier molecular flexibility index (Phi) is 5.81. The Morgan fingerprint density at radius 2 is 1.85 bits per heavy atom. The number of ether oxygens (including phenoxy) is 1. The minimum absolute atomic E-state index is 0.435. The molecule has 0 amide bonds. The average Bonchev–Trinajstić information content (AvgIpc) is 2.64. The van der Waals surface area contributed by atoms with Crippen molar-refractivity contribution in [3.63, 3.8) is 0 Å². The lowest BCUT2D eigenvalue weighted by Crippen LogP contribution is -2.64. The van der Waals surface area contributed by atoms with Crippen LogP contribution in [0.15, 0.2) is 54.6 Å². The Balaban J connectivity index is 1.86. The lowest BCUT2D eigenvalue weighted by atomic mass is 9.81. The Bertz CT molecular complexity index is 692. The van der Waals surface area contributed by atoms with Gasteiger partial charge in [0.05, 0.1) is 0 Å². The number of aliphatic hydroxyl groups is 2. The monoisotopic (exact) mass is 356 g/mol. The highest BCUT2D eigenvalue weighted by Crippen LogP contribution is 2.33. The number of rotatable bonds is 6. The predicted octanol–water partition coefficient (Wildman–Crippen LogP) is 2.42. The van der Waals surface area contributed by atoms with E-state index in [2.05, 4.69) is 6.92 Å². The van der Waals surface area contributed by atoms with Crippen LogP contribution in [0.5, 0.6) is 5.75 Å². The minimum atomic E-state index is -1.15. The first-order valence-electron chi connectivity index (χ1n) is 9.22. The summed E-state index contributed by atoms with van der Waals surface area (Å²) in [6.45, 7) is 3.48. The van der Waals surface area contributed by atoms with E-state index in [1.807, 2.05) is 35.2 Å². The maximum absolute atomic E-state index is 11.4. The van der Waals surface area contributed by atoms with Gasteiger partial charge in [0.25, 0.3) is 0 Å². The van der Waals surface area contributed by atoms with Crippen LogP contribution in [0.3, 0.4) is 0 Å². The Morgan fingerprint density at radius 3 is 2.50 bits per heavy atom. The maximum atomic E-state index is 11.4. The van der Waals surface area contributed by atoms with Crippen molar-refractivity contribution in [2.24, 2.45) is 0 Å². The van der Waals surface area contributed by atoms with Crippen LogP contribution in [-0.2, 0) is 6.42 Å². The highest BCUT2D eigenvalue weighted by molar-refractivity contribution is 5.41. The molecule has 3 unspecified atom stereocenters.